The largest absolute Gasteiger partial charge is 0.385 e. The molecule has 2 heteroatoms. The van der Waals surface area contributed by atoms with Gasteiger partial charge in [0.1, 0.15) is 0 Å². The fourth-order valence-corrected chi connectivity index (χ4v) is 1.89. The first-order valence-corrected chi connectivity index (χ1v) is 7.27. The molecule has 0 bridgehead atoms. The summed E-state index contributed by atoms with van der Waals surface area (Å²) in [6, 6.07) is 0. The van der Waals surface area contributed by atoms with Crippen molar-refractivity contribution >= 4 is 0 Å². The van der Waals surface area contributed by atoms with Crippen LogP contribution in [-0.2, 0) is 9.47 Å². The average molecular weight is 243 g/mol. The summed E-state index contributed by atoms with van der Waals surface area (Å²) >= 11 is 0. The molecule has 103 valence electrons. The van der Waals surface area contributed by atoms with Crippen molar-refractivity contribution in [3.63, 3.8) is 0 Å². The van der Waals surface area contributed by atoms with Crippen LogP contribution >= 0.6 is 0 Å². The Morgan fingerprint density at radius 3 is 1.59 bits per heavy atom. The summed E-state index contributed by atoms with van der Waals surface area (Å²) in [7, 11) is 1.78. The van der Waals surface area contributed by atoms with Crippen molar-refractivity contribution in [3.05, 3.63) is 6.92 Å². The molecule has 1 radical (unpaired) electrons. The van der Waals surface area contributed by atoms with Crippen molar-refractivity contribution in [1.82, 2.24) is 0 Å². The van der Waals surface area contributed by atoms with Crippen LogP contribution in [0.25, 0.3) is 0 Å². The Bertz CT molecular complexity index is 112. The van der Waals surface area contributed by atoms with E-state index in [1.54, 1.807) is 7.11 Å². The number of ether oxygens (including phenoxy) is 2. The lowest BCUT2D eigenvalue weighted by molar-refractivity contribution is 0.134. The van der Waals surface area contributed by atoms with Gasteiger partial charge in [-0.1, -0.05) is 51.9 Å². The van der Waals surface area contributed by atoms with E-state index in [9.17, 15) is 0 Å². The van der Waals surface area contributed by atoms with Gasteiger partial charge in [0.05, 0.1) is 0 Å². The van der Waals surface area contributed by atoms with E-state index in [0.29, 0.717) is 0 Å². The molecule has 0 N–H and O–H groups in total. The highest BCUT2D eigenvalue weighted by Gasteiger charge is 1.93. The van der Waals surface area contributed by atoms with Crippen LogP contribution in [0.15, 0.2) is 0 Å². The SMILES string of the molecule is [CH2]CCOCCCCCCCCCCCOC. The molecule has 0 rings (SSSR count). The summed E-state index contributed by atoms with van der Waals surface area (Å²) in [5, 5.41) is 0. The molecular formula is C15H31O2. The third-order valence-electron chi connectivity index (χ3n) is 2.93. The fraction of sp³-hybridized carbons (Fsp3) is 0.933. The highest BCUT2D eigenvalue weighted by Crippen LogP contribution is 2.09. The Hall–Kier alpha value is -0.0800. The van der Waals surface area contributed by atoms with Crippen LogP contribution in [0.1, 0.15) is 64.2 Å². The summed E-state index contributed by atoms with van der Waals surface area (Å²) in [6.07, 6.45) is 12.9. The Labute approximate surface area is 108 Å². The molecule has 0 unspecified atom stereocenters. The Morgan fingerprint density at radius 2 is 1.12 bits per heavy atom. The van der Waals surface area contributed by atoms with E-state index < -0.39 is 0 Å². The van der Waals surface area contributed by atoms with E-state index in [-0.39, 0.29) is 0 Å². The molecule has 0 aliphatic carbocycles. The van der Waals surface area contributed by atoms with E-state index in [1.165, 1.54) is 57.8 Å². The van der Waals surface area contributed by atoms with Gasteiger partial charge in [-0.3, -0.25) is 0 Å². The van der Waals surface area contributed by atoms with Crippen molar-refractivity contribution in [2.45, 2.75) is 64.2 Å². The summed E-state index contributed by atoms with van der Waals surface area (Å²) < 4.78 is 10.4. The second-order valence-corrected chi connectivity index (χ2v) is 4.64. The lowest BCUT2D eigenvalue weighted by atomic mass is 10.1. The van der Waals surface area contributed by atoms with Gasteiger partial charge in [0.25, 0.3) is 0 Å². The average Bonchev–Trinajstić information content (AvgIpc) is 2.35. The highest BCUT2D eigenvalue weighted by atomic mass is 16.5. The predicted octanol–water partition coefficient (Wildman–Crippen LogP) is 4.38. The lowest BCUT2D eigenvalue weighted by Gasteiger charge is -2.03. The first kappa shape index (κ1) is 16.9. The summed E-state index contributed by atoms with van der Waals surface area (Å²) in [5.74, 6) is 0. The molecular weight excluding hydrogens is 212 g/mol. The molecule has 17 heavy (non-hydrogen) atoms. The van der Waals surface area contributed by atoms with Crippen LogP contribution in [-0.4, -0.2) is 26.9 Å². The van der Waals surface area contributed by atoms with E-state index >= 15 is 0 Å². The number of hydrogen-bond donors (Lipinski definition) is 0. The minimum Gasteiger partial charge on any atom is -0.385 e. The zero-order chi connectivity index (χ0) is 12.6. The maximum absolute atomic E-state index is 5.39. The van der Waals surface area contributed by atoms with Gasteiger partial charge >= 0.3 is 0 Å². The first-order valence-electron chi connectivity index (χ1n) is 7.27. The van der Waals surface area contributed by atoms with Gasteiger partial charge in [0.2, 0.25) is 0 Å². The van der Waals surface area contributed by atoms with Crippen molar-refractivity contribution in [2.24, 2.45) is 0 Å². The third kappa shape index (κ3) is 15.9. The standard InChI is InChI=1S/C15H31O2/c1-3-13-17-15-12-10-8-6-4-5-7-9-11-14-16-2/h1,3-15H2,2H3. The number of hydrogen-bond acceptors (Lipinski definition) is 2. The second kappa shape index (κ2) is 15.9. The maximum Gasteiger partial charge on any atom is 0.0466 e. The van der Waals surface area contributed by atoms with Gasteiger partial charge in [-0.2, -0.15) is 0 Å². The normalized spacial score (nSPS) is 10.9. The van der Waals surface area contributed by atoms with Gasteiger partial charge in [-0.15, -0.1) is 0 Å². The van der Waals surface area contributed by atoms with Gasteiger partial charge in [-0.25, -0.2) is 0 Å². The maximum atomic E-state index is 5.39. The highest BCUT2D eigenvalue weighted by molar-refractivity contribution is 4.47. The minimum absolute atomic E-state index is 0.821. The fourth-order valence-electron chi connectivity index (χ4n) is 1.89. The number of methoxy groups -OCH3 is 1. The van der Waals surface area contributed by atoms with Crippen LogP contribution < -0.4 is 0 Å². The quantitative estimate of drug-likeness (QED) is 0.421. The van der Waals surface area contributed by atoms with Crippen LogP contribution in [0.5, 0.6) is 0 Å². The van der Waals surface area contributed by atoms with Gasteiger partial charge in [0.15, 0.2) is 0 Å². The van der Waals surface area contributed by atoms with E-state index in [0.717, 1.165) is 26.2 Å². The molecule has 0 aliphatic rings. The second-order valence-electron chi connectivity index (χ2n) is 4.64. The number of rotatable bonds is 14. The summed E-state index contributed by atoms with van der Waals surface area (Å²) in [5.41, 5.74) is 0. The molecule has 0 fully saturated rings. The van der Waals surface area contributed by atoms with Crippen LogP contribution in [0, 0.1) is 6.92 Å². The topological polar surface area (TPSA) is 18.5 Å². The zero-order valence-electron chi connectivity index (χ0n) is 11.7. The van der Waals surface area contributed by atoms with Gasteiger partial charge in [-0.05, 0) is 19.3 Å². The van der Waals surface area contributed by atoms with Crippen LogP contribution in [0.4, 0.5) is 0 Å². The molecule has 0 amide bonds. The smallest absolute Gasteiger partial charge is 0.0466 e. The molecule has 0 aromatic heterocycles. The molecule has 0 spiro atoms. The molecule has 0 heterocycles. The van der Waals surface area contributed by atoms with E-state index in [4.69, 9.17) is 9.47 Å². The van der Waals surface area contributed by atoms with Gasteiger partial charge in [0, 0.05) is 26.9 Å². The van der Waals surface area contributed by atoms with Crippen LogP contribution in [0.2, 0.25) is 0 Å². The summed E-state index contributed by atoms with van der Waals surface area (Å²) in [6.45, 7) is 6.42. The molecule has 0 saturated carbocycles. The molecule has 0 atom stereocenters. The molecule has 0 saturated heterocycles. The third-order valence-corrected chi connectivity index (χ3v) is 2.93. The molecule has 0 aromatic rings. The van der Waals surface area contributed by atoms with Crippen molar-refractivity contribution in [1.29, 1.82) is 0 Å². The minimum atomic E-state index is 0.821. The lowest BCUT2D eigenvalue weighted by Crippen LogP contribution is -1.95. The Morgan fingerprint density at radius 1 is 0.647 bits per heavy atom. The predicted molar refractivity (Wildman–Crippen MR) is 74.2 cm³/mol. The summed E-state index contributed by atoms with van der Waals surface area (Å²) in [4.78, 5) is 0. The number of unbranched alkanes of at least 4 members (excludes halogenated alkanes) is 8. The van der Waals surface area contributed by atoms with Gasteiger partial charge < -0.3 is 9.47 Å². The zero-order valence-corrected chi connectivity index (χ0v) is 11.7. The van der Waals surface area contributed by atoms with Crippen LogP contribution in [0.3, 0.4) is 0 Å². The van der Waals surface area contributed by atoms with Crippen molar-refractivity contribution in [3.8, 4) is 0 Å². The molecule has 0 aromatic carbocycles. The first-order chi connectivity index (χ1) is 8.41. The van der Waals surface area contributed by atoms with E-state index in [1.807, 2.05) is 0 Å². The van der Waals surface area contributed by atoms with Crippen molar-refractivity contribution in [2.75, 3.05) is 26.9 Å². The Balaban J connectivity index is 2.85. The van der Waals surface area contributed by atoms with Crippen molar-refractivity contribution < 1.29 is 9.47 Å². The van der Waals surface area contributed by atoms with E-state index in [2.05, 4.69) is 6.92 Å². The molecule has 2 nitrogen and oxygen atoms in total. The monoisotopic (exact) mass is 243 g/mol. The molecule has 0 aliphatic heterocycles. The Kier molecular flexibility index (Phi) is 15.8.